The Morgan fingerprint density at radius 2 is 0.653 bits per heavy atom. The highest BCUT2D eigenvalue weighted by molar-refractivity contribution is 5.99. The summed E-state index contributed by atoms with van der Waals surface area (Å²) in [4.78, 5) is 4.98. The van der Waals surface area contributed by atoms with Crippen molar-refractivity contribution in [1.29, 1.82) is 0 Å². The van der Waals surface area contributed by atoms with Gasteiger partial charge in [0.25, 0.3) is 0 Å². The van der Waals surface area contributed by atoms with E-state index >= 15 is 0 Å². The van der Waals surface area contributed by atoms with Crippen LogP contribution in [0.5, 0.6) is 0 Å². The molecule has 0 N–H and O–H groups in total. The van der Waals surface area contributed by atoms with E-state index in [1.54, 1.807) is 0 Å². The standard InChI is InChI=1S/C73H56N2/c1-71(2)63-32-19-17-30-58(63)60-43-40-55(46-66(60)71)74(53-26-13-7-14-27-53)56-42-45-62-68(48-56)73(51-24-11-6-12-25-51,52-38-36-50(37-39-52)49-22-9-5-10-23-49)65-34-21-35-69(70(62)65)75(54-28-15-8-16-29-54)57-41-44-61-59-31-18-20-33-64(59)72(3,4)67(61)47-57/h5-48H,1-4H3. The fourth-order valence-electron chi connectivity index (χ4n) is 13.4. The molecule has 14 rings (SSSR count). The molecule has 0 heterocycles. The van der Waals surface area contributed by atoms with Crippen LogP contribution in [0, 0.1) is 0 Å². The van der Waals surface area contributed by atoms with Crippen LogP contribution < -0.4 is 9.80 Å². The fourth-order valence-corrected chi connectivity index (χ4v) is 13.4. The Morgan fingerprint density at radius 3 is 1.21 bits per heavy atom. The third-order valence-electron chi connectivity index (χ3n) is 16.9. The maximum atomic E-state index is 2.51. The second-order valence-electron chi connectivity index (χ2n) is 21.6. The predicted octanol–water partition coefficient (Wildman–Crippen LogP) is 19.3. The van der Waals surface area contributed by atoms with Crippen molar-refractivity contribution < 1.29 is 0 Å². The molecule has 2 heteroatoms. The number of hydrogen-bond acceptors (Lipinski definition) is 2. The first kappa shape index (κ1) is 44.7. The summed E-state index contributed by atoms with van der Waals surface area (Å²) in [5, 5.41) is 0. The van der Waals surface area contributed by atoms with E-state index in [4.69, 9.17) is 0 Å². The van der Waals surface area contributed by atoms with Crippen molar-refractivity contribution in [2.45, 2.75) is 43.9 Å². The van der Waals surface area contributed by atoms with Crippen LogP contribution in [0.1, 0.15) is 72.2 Å². The summed E-state index contributed by atoms with van der Waals surface area (Å²) in [6.45, 7) is 9.50. The normalized spacial score (nSPS) is 15.7. The predicted molar refractivity (Wildman–Crippen MR) is 314 cm³/mol. The maximum Gasteiger partial charge on any atom is 0.0715 e. The summed E-state index contributed by atoms with van der Waals surface area (Å²) in [6, 6.07) is 99.8. The molecule has 0 fully saturated rings. The lowest BCUT2D eigenvalue weighted by Gasteiger charge is -2.35. The minimum atomic E-state index is -0.707. The summed E-state index contributed by atoms with van der Waals surface area (Å²) in [6.07, 6.45) is 0. The molecule has 358 valence electrons. The number of anilines is 6. The molecule has 75 heavy (non-hydrogen) atoms. The summed E-state index contributed by atoms with van der Waals surface area (Å²) in [5.74, 6) is 0. The summed E-state index contributed by atoms with van der Waals surface area (Å²) < 4.78 is 0. The second kappa shape index (κ2) is 17.0. The van der Waals surface area contributed by atoms with Crippen LogP contribution in [0.15, 0.2) is 267 Å². The van der Waals surface area contributed by atoms with Crippen LogP contribution in [0.2, 0.25) is 0 Å². The summed E-state index contributed by atoms with van der Waals surface area (Å²) in [5.41, 5.74) is 26.2. The Morgan fingerprint density at radius 1 is 0.253 bits per heavy atom. The van der Waals surface area contributed by atoms with Gasteiger partial charge in [-0.2, -0.15) is 0 Å². The third-order valence-corrected chi connectivity index (χ3v) is 16.9. The van der Waals surface area contributed by atoms with Gasteiger partial charge in [-0.05, 0) is 150 Å². The van der Waals surface area contributed by atoms with Gasteiger partial charge in [0.15, 0.2) is 0 Å². The molecular formula is C73H56N2. The molecular weight excluding hydrogens is 905 g/mol. The van der Waals surface area contributed by atoms with E-state index in [1.165, 1.54) is 89.0 Å². The number of nitrogens with zero attached hydrogens (tertiary/aromatic N) is 2. The van der Waals surface area contributed by atoms with Gasteiger partial charge in [-0.3, -0.25) is 0 Å². The zero-order chi connectivity index (χ0) is 50.5. The SMILES string of the molecule is CC1(C)c2ccccc2-c2ccc(N(c3ccccc3)c3ccc4c(c3)C(c3ccccc3)(c3ccc(-c5ccccc5)cc3)c3cccc(N(c5ccccc5)c5ccc6c(c5)C(C)(C)c5ccccc5-6)c3-4)cc21. The first-order valence-corrected chi connectivity index (χ1v) is 26.4. The highest BCUT2D eigenvalue weighted by Crippen LogP contribution is 2.61. The highest BCUT2D eigenvalue weighted by atomic mass is 15.2. The van der Waals surface area contributed by atoms with Crippen molar-refractivity contribution in [3.63, 3.8) is 0 Å². The molecule has 11 aromatic carbocycles. The van der Waals surface area contributed by atoms with Gasteiger partial charge >= 0.3 is 0 Å². The molecule has 1 atom stereocenters. The van der Waals surface area contributed by atoms with Crippen molar-refractivity contribution in [1.82, 2.24) is 0 Å². The Kier molecular flexibility index (Phi) is 10.2. The van der Waals surface area contributed by atoms with Crippen molar-refractivity contribution in [3.05, 3.63) is 311 Å². The van der Waals surface area contributed by atoms with Crippen molar-refractivity contribution in [2.75, 3.05) is 9.80 Å². The molecule has 2 nitrogen and oxygen atoms in total. The quantitative estimate of drug-likeness (QED) is 0.142. The molecule has 0 saturated carbocycles. The number of hydrogen-bond donors (Lipinski definition) is 0. The third kappa shape index (κ3) is 6.72. The number of para-hydroxylation sites is 2. The summed E-state index contributed by atoms with van der Waals surface area (Å²) in [7, 11) is 0. The topological polar surface area (TPSA) is 6.48 Å². The van der Waals surface area contributed by atoms with E-state index in [0.717, 1.165) is 34.1 Å². The molecule has 0 radical (unpaired) electrons. The Balaban J connectivity index is 1.03. The molecule has 0 spiro atoms. The van der Waals surface area contributed by atoms with E-state index in [2.05, 4.69) is 304 Å². The number of rotatable bonds is 9. The average molecular weight is 961 g/mol. The Hall–Kier alpha value is -8.98. The van der Waals surface area contributed by atoms with Gasteiger partial charge in [-0.1, -0.05) is 228 Å². The number of fused-ring (bicyclic) bond motifs is 9. The molecule has 0 amide bonds. The van der Waals surface area contributed by atoms with Crippen LogP contribution in [-0.2, 0) is 16.2 Å². The molecule has 11 aromatic rings. The molecule has 0 aliphatic heterocycles. The van der Waals surface area contributed by atoms with E-state index in [0.29, 0.717) is 0 Å². The molecule has 3 aliphatic rings. The monoisotopic (exact) mass is 960 g/mol. The first-order valence-electron chi connectivity index (χ1n) is 26.4. The lowest BCUT2D eigenvalue weighted by atomic mass is 9.67. The van der Waals surface area contributed by atoms with Gasteiger partial charge in [0.05, 0.1) is 11.1 Å². The average Bonchev–Trinajstić information content (AvgIpc) is 4.01. The van der Waals surface area contributed by atoms with Crippen LogP contribution in [0.25, 0.3) is 44.5 Å². The van der Waals surface area contributed by atoms with E-state index < -0.39 is 5.41 Å². The highest BCUT2D eigenvalue weighted by Gasteiger charge is 2.48. The lowest BCUT2D eigenvalue weighted by Crippen LogP contribution is -2.29. The largest absolute Gasteiger partial charge is 0.310 e. The minimum absolute atomic E-state index is 0.155. The van der Waals surface area contributed by atoms with Crippen molar-refractivity contribution in [3.8, 4) is 44.5 Å². The van der Waals surface area contributed by atoms with Crippen LogP contribution in [0.4, 0.5) is 34.1 Å². The zero-order valence-electron chi connectivity index (χ0n) is 42.8. The zero-order valence-corrected chi connectivity index (χ0v) is 42.8. The van der Waals surface area contributed by atoms with Gasteiger partial charge in [-0.15, -0.1) is 0 Å². The molecule has 0 saturated heterocycles. The number of benzene rings is 11. The first-order chi connectivity index (χ1) is 36.7. The van der Waals surface area contributed by atoms with Gasteiger partial charge in [0.1, 0.15) is 0 Å². The minimum Gasteiger partial charge on any atom is -0.310 e. The smallest absolute Gasteiger partial charge is 0.0715 e. The Bertz CT molecular complexity index is 3990. The van der Waals surface area contributed by atoms with E-state index in [1.807, 2.05) is 0 Å². The Labute approximate surface area is 441 Å². The summed E-state index contributed by atoms with van der Waals surface area (Å²) >= 11 is 0. The van der Waals surface area contributed by atoms with E-state index in [9.17, 15) is 0 Å². The van der Waals surface area contributed by atoms with Crippen LogP contribution >= 0.6 is 0 Å². The van der Waals surface area contributed by atoms with Gasteiger partial charge in [-0.25, -0.2) is 0 Å². The van der Waals surface area contributed by atoms with Crippen molar-refractivity contribution in [2.24, 2.45) is 0 Å². The van der Waals surface area contributed by atoms with E-state index in [-0.39, 0.29) is 10.8 Å². The van der Waals surface area contributed by atoms with Crippen LogP contribution in [-0.4, -0.2) is 0 Å². The molecule has 1 unspecified atom stereocenters. The lowest BCUT2D eigenvalue weighted by molar-refractivity contribution is 0.660. The molecule has 0 bridgehead atoms. The fraction of sp³-hybridized carbons (Fsp3) is 0.0959. The second-order valence-corrected chi connectivity index (χ2v) is 21.6. The van der Waals surface area contributed by atoms with Gasteiger partial charge < -0.3 is 9.80 Å². The maximum absolute atomic E-state index is 2.51. The molecule has 0 aromatic heterocycles. The van der Waals surface area contributed by atoms with Crippen molar-refractivity contribution >= 4 is 34.1 Å². The van der Waals surface area contributed by atoms with Gasteiger partial charge in [0.2, 0.25) is 0 Å². The van der Waals surface area contributed by atoms with Crippen LogP contribution in [0.3, 0.4) is 0 Å². The molecule has 3 aliphatic carbocycles. The van der Waals surface area contributed by atoms with Gasteiger partial charge in [0, 0.05) is 44.8 Å².